The summed E-state index contributed by atoms with van der Waals surface area (Å²) in [6, 6.07) is 11.7. The topological polar surface area (TPSA) is 51.1 Å². The molecule has 0 bridgehead atoms. The van der Waals surface area contributed by atoms with E-state index in [1.54, 1.807) is 19.1 Å². The van der Waals surface area contributed by atoms with Gasteiger partial charge in [-0.2, -0.15) is 0 Å². The largest absolute Gasteiger partial charge is 0.493 e. The van der Waals surface area contributed by atoms with E-state index in [0.717, 1.165) is 11.3 Å². The van der Waals surface area contributed by atoms with Gasteiger partial charge in [-0.25, -0.2) is 4.99 Å². The Bertz CT molecular complexity index is 966. The van der Waals surface area contributed by atoms with Crippen LogP contribution in [-0.2, 0) is 4.79 Å². The van der Waals surface area contributed by atoms with Crippen LogP contribution >= 0.6 is 11.8 Å². The van der Waals surface area contributed by atoms with Crippen LogP contribution in [0.4, 0.5) is 5.69 Å². The first-order valence-electron chi connectivity index (χ1n) is 9.07. The molecule has 146 valence electrons. The fourth-order valence-corrected chi connectivity index (χ4v) is 3.75. The maximum atomic E-state index is 12.7. The quantitative estimate of drug-likeness (QED) is 0.672. The Morgan fingerprint density at radius 3 is 2.57 bits per heavy atom. The second-order valence-electron chi connectivity index (χ2n) is 6.48. The summed E-state index contributed by atoms with van der Waals surface area (Å²) < 4.78 is 10.9. The minimum absolute atomic E-state index is 0.0682. The van der Waals surface area contributed by atoms with E-state index in [0.29, 0.717) is 28.2 Å². The van der Waals surface area contributed by atoms with Gasteiger partial charge in [0.15, 0.2) is 16.7 Å². The predicted molar refractivity (Wildman–Crippen MR) is 116 cm³/mol. The van der Waals surface area contributed by atoms with Crippen molar-refractivity contribution in [3.05, 3.63) is 58.0 Å². The zero-order valence-electron chi connectivity index (χ0n) is 16.8. The number of carbonyl (C=O) groups excluding carboxylic acids is 1. The molecule has 1 aliphatic heterocycles. The molecule has 6 heteroatoms. The molecule has 1 saturated heterocycles. The molecule has 3 rings (SSSR count). The predicted octanol–water partition coefficient (Wildman–Crippen LogP) is 4.94. The van der Waals surface area contributed by atoms with E-state index >= 15 is 0 Å². The van der Waals surface area contributed by atoms with Gasteiger partial charge in [0.1, 0.15) is 0 Å². The molecule has 1 fully saturated rings. The number of nitrogens with zero attached hydrogens (tertiary/aromatic N) is 2. The van der Waals surface area contributed by atoms with Crippen LogP contribution < -0.4 is 9.47 Å². The van der Waals surface area contributed by atoms with Crippen molar-refractivity contribution < 1.29 is 14.3 Å². The molecule has 1 heterocycles. The number of likely N-dealkylation sites (N-methyl/N-ethyl adjacent to an activating group) is 1. The van der Waals surface area contributed by atoms with Crippen molar-refractivity contribution in [3.8, 4) is 11.5 Å². The second kappa shape index (κ2) is 8.52. The number of amides is 1. The third-order valence-corrected chi connectivity index (χ3v) is 5.56. The first-order chi connectivity index (χ1) is 13.4. The van der Waals surface area contributed by atoms with E-state index in [1.807, 2.05) is 49.4 Å². The number of carbonyl (C=O) groups is 1. The Morgan fingerprint density at radius 1 is 1.11 bits per heavy atom. The highest BCUT2D eigenvalue weighted by atomic mass is 32.2. The van der Waals surface area contributed by atoms with Crippen molar-refractivity contribution in [3.63, 3.8) is 0 Å². The van der Waals surface area contributed by atoms with Gasteiger partial charge in [0.25, 0.3) is 5.91 Å². The number of hydrogen-bond acceptors (Lipinski definition) is 5. The third kappa shape index (κ3) is 4.22. The van der Waals surface area contributed by atoms with E-state index in [9.17, 15) is 4.79 Å². The number of aliphatic imine (C=N–C) groups is 1. The summed E-state index contributed by atoms with van der Waals surface area (Å²) in [5, 5.41) is 0.665. The molecule has 28 heavy (non-hydrogen) atoms. The Labute approximate surface area is 170 Å². The normalized spacial score (nSPS) is 16.9. The molecule has 0 atom stereocenters. The summed E-state index contributed by atoms with van der Waals surface area (Å²) in [6.45, 7) is 6.59. The van der Waals surface area contributed by atoms with E-state index in [1.165, 1.54) is 22.9 Å². The van der Waals surface area contributed by atoms with Crippen molar-refractivity contribution in [2.45, 2.75) is 20.8 Å². The van der Waals surface area contributed by atoms with E-state index in [2.05, 4.69) is 18.8 Å². The van der Waals surface area contributed by atoms with Crippen LogP contribution in [0.15, 0.2) is 46.3 Å². The highest BCUT2D eigenvalue weighted by Crippen LogP contribution is 2.35. The van der Waals surface area contributed by atoms with Crippen LogP contribution in [0.3, 0.4) is 0 Å². The summed E-state index contributed by atoms with van der Waals surface area (Å²) in [4.78, 5) is 19.5. The number of rotatable bonds is 5. The Kier molecular flexibility index (Phi) is 6.09. The SMILES string of the molecule is CCOc1cc(/C=C2/SC(=Nc3ccc(C)c(C)c3)N(C)C2=O)ccc1OC. The minimum Gasteiger partial charge on any atom is -0.493 e. The van der Waals surface area contributed by atoms with Crippen LogP contribution in [0, 0.1) is 13.8 Å². The zero-order valence-corrected chi connectivity index (χ0v) is 17.6. The van der Waals surface area contributed by atoms with Gasteiger partial charge in [-0.05, 0) is 79.6 Å². The Hall–Kier alpha value is -2.73. The maximum absolute atomic E-state index is 12.7. The first-order valence-corrected chi connectivity index (χ1v) is 9.89. The Morgan fingerprint density at radius 2 is 1.89 bits per heavy atom. The molecule has 2 aromatic rings. The molecule has 0 aliphatic carbocycles. The lowest BCUT2D eigenvalue weighted by molar-refractivity contribution is -0.121. The molecule has 0 aromatic heterocycles. The number of aryl methyl sites for hydroxylation is 2. The van der Waals surface area contributed by atoms with E-state index in [-0.39, 0.29) is 5.91 Å². The summed E-state index contributed by atoms with van der Waals surface area (Å²) >= 11 is 1.37. The summed E-state index contributed by atoms with van der Waals surface area (Å²) in [5.74, 6) is 1.26. The number of hydrogen-bond donors (Lipinski definition) is 0. The van der Waals surface area contributed by atoms with Gasteiger partial charge in [-0.1, -0.05) is 12.1 Å². The fourth-order valence-electron chi connectivity index (χ4n) is 2.76. The molecule has 1 amide bonds. The lowest BCUT2D eigenvalue weighted by atomic mass is 10.1. The van der Waals surface area contributed by atoms with Crippen LogP contribution in [0.25, 0.3) is 6.08 Å². The molecule has 0 N–H and O–H groups in total. The number of benzene rings is 2. The summed E-state index contributed by atoms with van der Waals surface area (Å²) in [6.07, 6.45) is 1.86. The van der Waals surface area contributed by atoms with Gasteiger partial charge in [-0.3, -0.25) is 9.69 Å². The summed E-state index contributed by atoms with van der Waals surface area (Å²) in [5.41, 5.74) is 4.12. The van der Waals surface area contributed by atoms with Crippen LogP contribution in [0.1, 0.15) is 23.6 Å². The van der Waals surface area contributed by atoms with Gasteiger partial charge < -0.3 is 9.47 Å². The molecular weight excluding hydrogens is 372 g/mol. The molecular formula is C22H24N2O3S. The van der Waals surface area contributed by atoms with Gasteiger partial charge in [0.2, 0.25) is 0 Å². The van der Waals surface area contributed by atoms with Gasteiger partial charge in [0.05, 0.1) is 24.3 Å². The number of amidine groups is 1. The molecule has 0 saturated carbocycles. The maximum Gasteiger partial charge on any atom is 0.266 e. The molecule has 2 aromatic carbocycles. The van der Waals surface area contributed by atoms with Gasteiger partial charge in [0, 0.05) is 7.05 Å². The lowest BCUT2D eigenvalue weighted by Crippen LogP contribution is -2.23. The molecule has 0 unspecified atom stereocenters. The third-order valence-electron chi connectivity index (χ3n) is 4.50. The first kappa shape index (κ1) is 20.0. The van der Waals surface area contributed by atoms with Crippen molar-refractivity contribution in [1.29, 1.82) is 0 Å². The number of ether oxygens (including phenoxy) is 2. The zero-order chi connectivity index (χ0) is 20.3. The Balaban J connectivity index is 1.89. The highest BCUT2D eigenvalue weighted by Gasteiger charge is 2.30. The second-order valence-corrected chi connectivity index (χ2v) is 7.49. The monoisotopic (exact) mass is 396 g/mol. The average molecular weight is 397 g/mol. The van der Waals surface area contributed by atoms with Crippen LogP contribution in [0.5, 0.6) is 11.5 Å². The number of methoxy groups -OCH3 is 1. The molecule has 1 aliphatic rings. The fraction of sp³-hybridized carbons (Fsp3) is 0.273. The van der Waals surface area contributed by atoms with Crippen molar-refractivity contribution in [2.75, 3.05) is 20.8 Å². The van der Waals surface area contributed by atoms with Gasteiger partial charge in [-0.15, -0.1) is 0 Å². The molecule has 0 spiro atoms. The van der Waals surface area contributed by atoms with Crippen molar-refractivity contribution in [2.24, 2.45) is 4.99 Å². The van der Waals surface area contributed by atoms with Crippen LogP contribution in [-0.4, -0.2) is 36.7 Å². The van der Waals surface area contributed by atoms with Crippen molar-refractivity contribution in [1.82, 2.24) is 4.90 Å². The highest BCUT2D eigenvalue weighted by molar-refractivity contribution is 8.18. The van der Waals surface area contributed by atoms with Crippen LogP contribution in [0.2, 0.25) is 0 Å². The smallest absolute Gasteiger partial charge is 0.266 e. The number of thioether (sulfide) groups is 1. The molecule has 5 nitrogen and oxygen atoms in total. The van der Waals surface area contributed by atoms with E-state index in [4.69, 9.17) is 9.47 Å². The van der Waals surface area contributed by atoms with E-state index < -0.39 is 0 Å². The standard InChI is InChI=1S/C22H24N2O3S/c1-6-27-19-12-16(8-10-18(19)26-5)13-20-21(25)24(4)22(28-20)23-17-9-7-14(2)15(3)11-17/h7-13H,6H2,1-5H3/b20-13+,23-22?. The van der Waals surface area contributed by atoms with Crippen molar-refractivity contribution >= 4 is 34.6 Å². The minimum atomic E-state index is -0.0682. The van der Waals surface area contributed by atoms with Gasteiger partial charge >= 0.3 is 0 Å². The molecule has 0 radical (unpaired) electrons. The lowest BCUT2D eigenvalue weighted by Gasteiger charge is -2.09. The summed E-state index contributed by atoms with van der Waals surface area (Å²) in [7, 11) is 3.35. The average Bonchev–Trinajstić information content (AvgIpc) is 2.93.